The van der Waals surface area contributed by atoms with Gasteiger partial charge in [-0.3, -0.25) is 4.79 Å². The van der Waals surface area contributed by atoms with Crippen LogP contribution in [0.15, 0.2) is 17.5 Å². The summed E-state index contributed by atoms with van der Waals surface area (Å²) in [7, 11) is 0. The van der Waals surface area contributed by atoms with Gasteiger partial charge in [-0.25, -0.2) is 0 Å². The molecule has 1 N–H and O–H groups in total. The molecule has 0 aromatic carbocycles. The molecule has 3 heteroatoms. The Morgan fingerprint density at radius 3 is 2.88 bits per heavy atom. The van der Waals surface area contributed by atoms with E-state index in [-0.39, 0.29) is 17.3 Å². The summed E-state index contributed by atoms with van der Waals surface area (Å²) in [5.41, 5.74) is 0.278. The molecule has 0 spiro atoms. The van der Waals surface area contributed by atoms with Gasteiger partial charge in [0.1, 0.15) is 0 Å². The molecule has 88 valence electrons. The summed E-state index contributed by atoms with van der Waals surface area (Å²) < 4.78 is 0. The smallest absolute Gasteiger partial charge is 0.307 e. The molecule has 0 saturated heterocycles. The number of hydrogen-bond acceptors (Lipinski definition) is 2. The number of hydrogen-bond donors (Lipinski definition) is 1. The molecule has 0 amide bonds. The van der Waals surface area contributed by atoms with Gasteiger partial charge in [-0.1, -0.05) is 19.9 Å². The fourth-order valence-electron chi connectivity index (χ4n) is 2.68. The van der Waals surface area contributed by atoms with Crippen LogP contribution in [0.4, 0.5) is 0 Å². The van der Waals surface area contributed by atoms with Gasteiger partial charge < -0.3 is 5.11 Å². The van der Waals surface area contributed by atoms with Crippen LogP contribution in [0.2, 0.25) is 0 Å². The highest BCUT2D eigenvalue weighted by Crippen LogP contribution is 2.47. The van der Waals surface area contributed by atoms with Crippen molar-refractivity contribution in [1.29, 1.82) is 0 Å². The largest absolute Gasteiger partial charge is 0.481 e. The van der Waals surface area contributed by atoms with Gasteiger partial charge in [0.25, 0.3) is 0 Å². The second kappa shape index (κ2) is 4.21. The normalized spacial score (nSPS) is 28.9. The summed E-state index contributed by atoms with van der Waals surface area (Å²) in [6, 6.07) is 4.09. The van der Waals surface area contributed by atoms with Gasteiger partial charge in [0.05, 0.1) is 5.92 Å². The summed E-state index contributed by atoms with van der Waals surface area (Å²) >= 11 is 1.69. The third-order valence-electron chi connectivity index (χ3n) is 3.62. The van der Waals surface area contributed by atoms with E-state index < -0.39 is 5.97 Å². The molecule has 2 nitrogen and oxygen atoms in total. The average Bonchev–Trinajstić information content (AvgIpc) is 2.68. The Kier molecular flexibility index (Phi) is 3.06. The molecule has 1 aromatic heterocycles. The van der Waals surface area contributed by atoms with Crippen LogP contribution in [-0.2, 0) is 4.79 Å². The first kappa shape index (κ1) is 11.6. The van der Waals surface area contributed by atoms with Crippen LogP contribution in [0.3, 0.4) is 0 Å². The van der Waals surface area contributed by atoms with E-state index in [0.29, 0.717) is 0 Å². The highest BCUT2D eigenvalue weighted by Gasteiger charge is 2.39. The van der Waals surface area contributed by atoms with Gasteiger partial charge >= 0.3 is 5.97 Å². The lowest BCUT2D eigenvalue weighted by Crippen LogP contribution is -2.32. The molecule has 2 unspecified atom stereocenters. The van der Waals surface area contributed by atoms with Crippen LogP contribution in [-0.4, -0.2) is 11.1 Å². The summed E-state index contributed by atoms with van der Waals surface area (Å²) in [5, 5.41) is 11.3. The van der Waals surface area contributed by atoms with Crippen molar-refractivity contribution in [3.63, 3.8) is 0 Å². The molecule has 0 radical (unpaired) electrons. The van der Waals surface area contributed by atoms with Gasteiger partial charge in [-0.05, 0) is 36.1 Å². The predicted molar refractivity (Wildman–Crippen MR) is 65.8 cm³/mol. The van der Waals surface area contributed by atoms with E-state index in [9.17, 15) is 9.90 Å². The number of rotatable bonds is 2. The molecular formula is C13H18O2S. The molecule has 1 aliphatic rings. The lowest BCUT2D eigenvalue weighted by molar-refractivity contribution is -0.144. The van der Waals surface area contributed by atoms with Crippen molar-refractivity contribution in [3.8, 4) is 0 Å². The molecule has 2 rings (SSSR count). The maximum Gasteiger partial charge on any atom is 0.307 e. The minimum absolute atomic E-state index is 0.188. The minimum atomic E-state index is -0.631. The zero-order valence-electron chi connectivity index (χ0n) is 9.77. The van der Waals surface area contributed by atoms with Crippen molar-refractivity contribution >= 4 is 17.3 Å². The zero-order valence-corrected chi connectivity index (χ0v) is 10.6. The fourth-order valence-corrected chi connectivity index (χ4v) is 3.58. The lowest BCUT2D eigenvalue weighted by Gasteiger charge is -2.38. The van der Waals surface area contributed by atoms with Crippen molar-refractivity contribution in [2.24, 2.45) is 11.3 Å². The summed E-state index contributed by atoms with van der Waals surface area (Å²) in [6.45, 7) is 4.48. The standard InChI is InChI=1S/C13H18O2S/c1-13(2)6-5-9(12(14)15)10(8-13)11-4-3-7-16-11/h3-4,7,9-10H,5-6,8H2,1-2H3,(H,14,15). The zero-order chi connectivity index (χ0) is 11.8. The van der Waals surface area contributed by atoms with Crippen LogP contribution in [0.25, 0.3) is 0 Å². The Bertz CT molecular complexity index is 367. The monoisotopic (exact) mass is 238 g/mol. The average molecular weight is 238 g/mol. The predicted octanol–water partition coefficient (Wildman–Crippen LogP) is 3.74. The van der Waals surface area contributed by atoms with E-state index in [1.165, 1.54) is 4.88 Å². The first-order valence-electron chi connectivity index (χ1n) is 5.76. The lowest BCUT2D eigenvalue weighted by atomic mass is 9.67. The van der Waals surface area contributed by atoms with Crippen LogP contribution in [0.1, 0.15) is 43.9 Å². The van der Waals surface area contributed by atoms with E-state index in [4.69, 9.17) is 0 Å². The third kappa shape index (κ3) is 2.29. The Hall–Kier alpha value is -0.830. The van der Waals surface area contributed by atoms with Crippen molar-refractivity contribution in [3.05, 3.63) is 22.4 Å². The molecular weight excluding hydrogens is 220 g/mol. The van der Waals surface area contributed by atoms with Gasteiger partial charge in [-0.2, -0.15) is 0 Å². The number of aliphatic carboxylic acids is 1. The Morgan fingerprint density at radius 2 is 2.31 bits per heavy atom. The molecule has 1 saturated carbocycles. The van der Waals surface area contributed by atoms with Gasteiger partial charge in [0.2, 0.25) is 0 Å². The Labute approximate surface area is 100 Å². The molecule has 16 heavy (non-hydrogen) atoms. The van der Waals surface area contributed by atoms with Crippen molar-refractivity contribution in [2.45, 2.75) is 39.0 Å². The number of carboxylic acids is 1. The third-order valence-corrected chi connectivity index (χ3v) is 4.62. The maximum atomic E-state index is 11.3. The second-order valence-electron chi connectivity index (χ2n) is 5.47. The van der Waals surface area contributed by atoms with Crippen LogP contribution in [0.5, 0.6) is 0 Å². The quantitative estimate of drug-likeness (QED) is 0.852. The van der Waals surface area contributed by atoms with Crippen LogP contribution >= 0.6 is 11.3 Å². The highest BCUT2D eigenvalue weighted by molar-refractivity contribution is 7.10. The van der Waals surface area contributed by atoms with E-state index >= 15 is 0 Å². The van der Waals surface area contributed by atoms with Gasteiger partial charge in [0.15, 0.2) is 0 Å². The summed E-state index contributed by atoms with van der Waals surface area (Å²) in [4.78, 5) is 12.5. The molecule has 1 heterocycles. The van der Waals surface area contributed by atoms with Crippen molar-refractivity contribution < 1.29 is 9.90 Å². The molecule has 1 aromatic rings. The van der Waals surface area contributed by atoms with E-state index in [1.54, 1.807) is 11.3 Å². The van der Waals surface area contributed by atoms with Crippen molar-refractivity contribution in [1.82, 2.24) is 0 Å². The summed E-state index contributed by atoms with van der Waals surface area (Å²) in [6.07, 6.45) is 2.82. The van der Waals surface area contributed by atoms with E-state index in [1.807, 2.05) is 11.4 Å². The SMILES string of the molecule is CC1(C)CCC(C(=O)O)C(c2cccs2)C1. The Balaban J connectivity index is 2.25. The number of carbonyl (C=O) groups is 1. The first-order valence-corrected chi connectivity index (χ1v) is 6.64. The van der Waals surface area contributed by atoms with Crippen molar-refractivity contribution in [2.75, 3.05) is 0 Å². The number of thiophene rings is 1. The molecule has 1 fully saturated rings. The fraction of sp³-hybridized carbons (Fsp3) is 0.615. The van der Waals surface area contributed by atoms with Crippen LogP contribution < -0.4 is 0 Å². The van der Waals surface area contributed by atoms with E-state index in [2.05, 4.69) is 19.9 Å². The summed E-state index contributed by atoms with van der Waals surface area (Å²) in [5.74, 6) is -0.609. The van der Waals surface area contributed by atoms with E-state index in [0.717, 1.165) is 19.3 Å². The second-order valence-corrected chi connectivity index (χ2v) is 6.45. The highest BCUT2D eigenvalue weighted by atomic mass is 32.1. The Morgan fingerprint density at radius 1 is 1.56 bits per heavy atom. The number of carboxylic acid groups (broad SMARTS) is 1. The minimum Gasteiger partial charge on any atom is -0.481 e. The molecule has 2 atom stereocenters. The molecule has 1 aliphatic carbocycles. The molecule has 0 aliphatic heterocycles. The maximum absolute atomic E-state index is 11.3. The van der Waals surface area contributed by atoms with Crippen LogP contribution in [0, 0.1) is 11.3 Å². The van der Waals surface area contributed by atoms with Gasteiger partial charge in [0, 0.05) is 10.8 Å². The topological polar surface area (TPSA) is 37.3 Å². The van der Waals surface area contributed by atoms with Gasteiger partial charge in [-0.15, -0.1) is 11.3 Å². The first-order chi connectivity index (χ1) is 7.49. The molecule has 0 bridgehead atoms.